The third kappa shape index (κ3) is 4.91. The molecule has 3 N–H and O–H groups in total. The molecule has 0 saturated carbocycles. The summed E-state index contributed by atoms with van der Waals surface area (Å²) in [6, 6.07) is 19.6. The molecule has 0 bridgehead atoms. The molecule has 0 aliphatic rings. The van der Waals surface area contributed by atoms with E-state index in [1.165, 1.54) is 5.56 Å². The lowest BCUT2D eigenvalue weighted by Gasteiger charge is -2.18. The summed E-state index contributed by atoms with van der Waals surface area (Å²) in [6.45, 7) is 6.61. The van der Waals surface area contributed by atoms with Crippen molar-refractivity contribution in [3.8, 4) is 22.9 Å². The van der Waals surface area contributed by atoms with Gasteiger partial charge in [-0.1, -0.05) is 26.8 Å². The number of nitrogens with one attached hydrogen (secondary N) is 3. The van der Waals surface area contributed by atoms with Crippen molar-refractivity contribution in [3.05, 3.63) is 78.6 Å². The molecule has 0 amide bonds. The van der Waals surface area contributed by atoms with Crippen molar-refractivity contribution < 1.29 is 4.74 Å². The van der Waals surface area contributed by atoms with E-state index in [0.717, 1.165) is 28.0 Å². The fourth-order valence-electron chi connectivity index (χ4n) is 3.69. The first-order chi connectivity index (χ1) is 16.9. The Kier molecular flexibility index (Phi) is 5.78. The van der Waals surface area contributed by atoms with E-state index < -0.39 is 0 Å². The van der Waals surface area contributed by atoms with Crippen molar-refractivity contribution in [2.75, 3.05) is 17.7 Å². The summed E-state index contributed by atoms with van der Waals surface area (Å²) in [5.74, 6) is 2.36. The normalized spacial score (nSPS) is 11.4. The Morgan fingerprint density at radius 3 is 2.49 bits per heavy atom. The molecule has 0 saturated heterocycles. The van der Waals surface area contributed by atoms with Gasteiger partial charge in [-0.15, -0.1) is 0 Å². The van der Waals surface area contributed by atoms with Crippen molar-refractivity contribution in [3.63, 3.8) is 0 Å². The Balaban J connectivity index is 1.33. The predicted molar refractivity (Wildman–Crippen MR) is 139 cm³/mol. The van der Waals surface area contributed by atoms with Gasteiger partial charge in [-0.25, -0.2) is 19.9 Å². The number of ether oxygens (including phenoxy) is 1. The number of rotatable bonds is 6. The molecule has 0 unspecified atom stereocenters. The summed E-state index contributed by atoms with van der Waals surface area (Å²) in [5, 5.41) is 6.28. The molecule has 8 heteroatoms. The van der Waals surface area contributed by atoms with Gasteiger partial charge in [-0.05, 0) is 65.6 Å². The molecule has 5 rings (SSSR count). The Bertz CT molecular complexity index is 1470. The number of aromatic nitrogens is 5. The summed E-state index contributed by atoms with van der Waals surface area (Å²) < 4.78 is 6.09. The molecule has 8 nitrogen and oxygen atoms in total. The lowest BCUT2D eigenvalue weighted by molar-refractivity contribution is 0.465. The van der Waals surface area contributed by atoms with Crippen LogP contribution in [0.1, 0.15) is 26.3 Å². The summed E-state index contributed by atoms with van der Waals surface area (Å²) in [5.41, 5.74) is 5.68. The minimum atomic E-state index is 0.0822. The lowest BCUT2D eigenvalue weighted by Crippen LogP contribution is -2.10. The number of hydrogen-bond donors (Lipinski definition) is 3. The van der Waals surface area contributed by atoms with Gasteiger partial charge < -0.3 is 20.4 Å². The molecule has 2 aromatic carbocycles. The molecule has 0 fully saturated rings. The highest BCUT2D eigenvalue weighted by Gasteiger charge is 2.15. The van der Waals surface area contributed by atoms with Gasteiger partial charge in [0.15, 0.2) is 0 Å². The van der Waals surface area contributed by atoms with Crippen LogP contribution in [0.4, 0.5) is 17.6 Å². The number of imidazole rings is 1. The van der Waals surface area contributed by atoms with Crippen molar-refractivity contribution in [1.29, 1.82) is 0 Å². The second-order valence-electron chi connectivity index (χ2n) is 9.19. The average molecular weight is 466 g/mol. The van der Waals surface area contributed by atoms with Crippen LogP contribution in [0.5, 0.6) is 11.6 Å². The maximum atomic E-state index is 6.09. The van der Waals surface area contributed by atoms with E-state index in [4.69, 9.17) is 4.74 Å². The molecule has 0 radical (unpaired) electrons. The van der Waals surface area contributed by atoms with Gasteiger partial charge in [0, 0.05) is 25.1 Å². The highest BCUT2D eigenvalue weighted by Crippen LogP contribution is 2.31. The smallest absolute Gasteiger partial charge is 0.228 e. The maximum Gasteiger partial charge on any atom is 0.228 e. The fraction of sp³-hybridized carbons (Fsp3) is 0.185. The van der Waals surface area contributed by atoms with Crippen molar-refractivity contribution in [2.24, 2.45) is 0 Å². The van der Waals surface area contributed by atoms with Gasteiger partial charge in [-0.2, -0.15) is 0 Å². The number of hydrogen-bond acceptors (Lipinski definition) is 7. The van der Waals surface area contributed by atoms with E-state index in [1.807, 2.05) is 42.5 Å². The monoisotopic (exact) mass is 465 g/mol. The van der Waals surface area contributed by atoms with E-state index in [2.05, 4.69) is 74.5 Å². The van der Waals surface area contributed by atoms with Gasteiger partial charge in [0.05, 0.1) is 22.3 Å². The molecule has 5 aromatic rings. The minimum Gasteiger partial charge on any atom is -0.438 e. The van der Waals surface area contributed by atoms with Gasteiger partial charge in [0.1, 0.15) is 5.75 Å². The lowest BCUT2D eigenvalue weighted by atomic mass is 9.87. The largest absolute Gasteiger partial charge is 0.438 e. The molecule has 0 aliphatic heterocycles. The van der Waals surface area contributed by atoms with Crippen LogP contribution in [0.25, 0.3) is 22.3 Å². The number of H-pyrrole nitrogens is 1. The number of pyridine rings is 1. The Morgan fingerprint density at radius 1 is 0.886 bits per heavy atom. The molecule has 35 heavy (non-hydrogen) atoms. The first-order valence-electron chi connectivity index (χ1n) is 11.4. The summed E-state index contributed by atoms with van der Waals surface area (Å²) in [6.07, 6.45) is 3.40. The Labute approximate surface area is 203 Å². The van der Waals surface area contributed by atoms with Crippen molar-refractivity contribution >= 4 is 28.6 Å². The van der Waals surface area contributed by atoms with Gasteiger partial charge in [0.25, 0.3) is 0 Å². The van der Waals surface area contributed by atoms with Gasteiger partial charge in [0.2, 0.25) is 17.8 Å². The van der Waals surface area contributed by atoms with Crippen LogP contribution in [0.2, 0.25) is 0 Å². The van der Waals surface area contributed by atoms with E-state index in [1.54, 1.807) is 19.4 Å². The second-order valence-corrected chi connectivity index (χ2v) is 9.19. The summed E-state index contributed by atoms with van der Waals surface area (Å²) in [7, 11) is 1.78. The Hall–Kier alpha value is -4.46. The summed E-state index contributed by atoms with van der Waals surface area (Å²) in [4.78, 5) is 21.1. The number of nitrogens with zero attached hydrogens (tertiary/aromatic N) is 4. The van der Waals surface area contributed by atoms with Crippen LogP contribution in [-0.2, 0) is 5.41 Å². The SMILES string of the molecule is CNc1nccc(-c2cccnc2Oc2ccc(Nc3nc4ccc(C(C)(C)C)cc4[nH]3)cc2)n1. The number of fused-ring (bicyclic) bond motifs is 1. The van der Waals surface area contributed by atoms with Crippen LogP contribution in [0.15, 0.2) is 73.1 Å². The van der Waals surface area contributed by atoms with E-state index in [0.29, 0.717) is 23.5 Å². The number of anilines is 3. The zero-order chi connectivity index (χ0) is 24.4. The molecule has 3 aromatic heterocycles. The van der Waals surface area contributed by atoms with Crippen LogP contribution >= 0.6 is 0 Å². The van der Waals surface area contributed by atoms with Crippen LogP contribution in [0.3, 0.4) is 0 Å². The van der Waals surface area contributed by atoms with Crippen LogP contribution in [-0.4, -0.2) is 32.0 Å². The second kappa shape index (κ2) is 9.06. The zero-order valence-corrected chi connectivity index (χ0v) is 20.1. The van der Waals surface area contributed by atoms with Gasteiger partial charge >= 0.3 is 0 Å². The van der Waals surface area contributed by atoms with Crippen LogP contribution in [0, 0.1) is 0 Å². The molecule has 0 spiro atoms. The van der Waals surface area contributed by atoms with Crippen molar-refractivity contribution in [2.45, 2.75) is 26.2 Å². The molecule has 0 aliphatic carbocycles. The number of benzene rings is 2. The molecule has 3 heterocycles. The standard InChI is InChI=1S/C27H27N7O/c1-27(2,3)17-7-12-22-23(16-17)34-26(33-22)31-18-8-10-19(11-9-18)35-24-20(6-5-14-29-24)21-13-15-30-25(28-4)32-21/h5-16H,1-4H3,(H,28,30,32)(H2,31,33,34). The number of aromatic amines is 1. The highest BCUT2D eigenvalue weighted by molar-refractivity contribution is 5.79. The topological polar surface area (TPSA) is 101 Å². The molecule has 176 valence electrons. The van der Waals surface area contributed by atoms with E-state index >= 15 is 0 Å². The molecular weight excluding hydrogens is 438 g/mol. The van der Waals surface area contributed by atoms with E-state index in [-0.39, 0.29) is 5.41 Å². The summed E-state index contributed by atoms with van der Waals surface area (Å²) >= 11 is 0. The average Bonchev–Trinajstić information content (AvgIpc) is 3.26. The fourth-order valence-corrected chi connectivity index (χ4v) is 3.69. The van der Waals surface area contributed by atoms with Crippen molar-refractivity contribution in [1.82, 2.24) is 24.9 Å². The zero-order valence-electron chi connectivity index (χ0n) is 20.1. The molecule has 0 atom stereocenters. The third-order valence-electron chi connectivity index (χ3n) is 5.61. The highest BCUT2D eigenvalue weighted by atomic mass is 16.5. The van der Waals surface area contributed by atoms with Gasteiger partial charge in [-0.3, -0.25) is 0 Å². The quantitative estimate of drug-likeness (QED) is 0.271. The van der Waals surface area contributed by atoms with E-state index in [9.17, 15) is 0 Å². The van der Waals surface area contributed by atoms with Crippen LogP contribution < -0.4 is 15.4 Å². The molecular formula is C27H27N7O. The first-order valence-corrected chi connectivity index (χ1v) is 11.4. The Morgan fingerprint density at radius 2 is 1.71 bits per heavy atom. The minimum absolute atomic E-state index is 0.0822. The first kappa shape index (κ1) is 22.3. The predicted octanol–water partition coefficient (Wildman–Crippen LogP) is 6.29. The maximum absolute atomic E-state index is 6.09. The third-order valence-corrected chi connectivity index (χ3v) is 5.61.